The van der Waals surface area contributed by atoms with Gasteiger partial charge in [-0.15, -0.1) is 5.10 Å². The van der Waals surface area contributed by atoms with Crippen LogP contribution in [0.2, 0.25) is 0 Å². The highest BCUT2D eigenvalue weighted by Crippen LogP contribution is 2.16. The van der Waals surface area contributed by atoms with Crippen LogP contribution in [-0.4, -0.2) is 25.9 Å². The second-order valence-corrected chi connectivity index (χ2v) is 6.12. The van der Waals surface area contributed by atoms with Crippen LogP contribution in [-0.2, 0) is 11.3 Å². The van der Waals surface area contributed by atoms with Crippen LogP contribution in [0.4, 0.5) is 0 Å². The molecular weight excluding hydrogens is 318 g/mol. The Hall–Kier alpha value is -3.09. The van der Waals surface area contributed by atoms with Crippen LogP contribution in [0.3, 0.4) is 0 Å². The van der Waals surface area contributed by atoms with Crippen molar-refractivity contribution in [1.82, 2.24) is 25.3 Å². The molecule has 25 heavy (non-hydrogen) atoms. The third-order valence-electron chi connectivity index (χ3n) is 3.97. The number of aromatic nitrogens is 4. The maximum absolute atomic E-state index is 12.7. The average Bonchev–Trinajstić information content (AvgIpc) is 2.63. The van der Waals surface area contributed by atoms with Crippen molar-refractivity contribution in [3.63, 3.8) is 0 Å². The van der Waals surface area contributed by atoms with Crippen LogP contribution in [0.5, 0.6) is 0 Å². The molecule has 3 rings (SSSR count). The molecule has 0 saturated carbocycles. The Morgan fingerprint density at radius 2 is 1.88 bits per heavy atom. The van der Waals surface area contributed by atoms with Crippen LogP contribution in [0, 0.1) is 5.92 Å². The largest absolute Gasteiger partial charge is 0.350 e. The molecule has 1 amide bonds. The zero-order valence-corrected chi connectivity index (χ0v) is 14.1. The van der Waals surface area contributed by atoms with Crippen LogP contribution in [0.15, 0.2) is 53.6 Å². The highest BCUT2D eigenvalue weighted by atomic mass is 16.2. The first kappa shape index (κ1) is 16.8. The van der Waals surface area contributed by atoms with Gasteiger partial charge in [-0.1, -0.05) is 31.2 Å². The Bertz CT molecular complexity index is 937. The summed E-state index contributed by atoms with van der Waals surface area (Å²) in [5.41, 5.74) is 1.13. The number of hydrogen-bond acceptors (Lipinski definition) is 5. The van der Waals surface area contributed by atoms with Gasteiger partial charge in [-0.25, -0.2) is 0 Å². The fourth-order valence-electron chi connectivity index (χ4n) is 2.67. The Balaban J connectivity index is 1.89. The Kier molecular flexibility index (Phi) is 4.83. The van der Waals surface area contributed by atoms with E-state index in [4.69, 9.17) is 0 Å². The first-order chi connectivity index (χ1) is 12.1. The van der Waals surface area contributed by atoms with Gasteiger partial charge in [0.2, 0.25) is 5.91 Å². The van der Waals surface area contributed by atoms with Crippen LogP contribution in [0.25, 0.3) is 10.9 Å². The molecule has 2 aromatic heterocycles. The predicted molar refractivity (Wildman–Crippen MR) is 93.8 cm³/mol. The molecule has 0 aliphatic rings. The molecule has 2 heterocycles. The highest BCUT2D eigenvalue weighted by Gasteiger charge is 2.27. The van der Waals surface area contributed by atoms with E-state index in [1.54, 1.807) is 36.7 Å². The van der Waals surface area contributed by atoms with E-state index >= 15 is 0 Å². The molecule has 0 bridgehead atoms. The van der Waals surface area contributed by atoms with Gasteiger partial charge < -0.3 is 5.32 Å². The quantitative estimate of drug-likeness (QED) is 0.765. The first-order valence-corrected chi connectivity index (χ1v) is 8.09. The van der Waals surface area contributed by atoms with Gasteiger partial charge in [-0.3, -0.25) is 14.6 Å². The summed E-state index contributed by atoms with van der Waals surface area (Å²) in [4.78, 5) is 29.4. The number of pyridine rings is 1. The Morgan fingerprint density at radius 1 is 1.16 bits per heavy atom. The van der Waals surface area contributed by atoms with Gasteiger partial charge in [-0.05, 0) is 35.7 Å². The lowest BCUT2D eigenvalue weighted by atomic mass is 10.0. The van der Waals surface area contributed by atoms with Gasteiger partial charge in [0.15, 0.2) is 0 Å². The fourth-order valence-corrected chi connectivity index (χ4v) is 2.67. The number of benzene rings is 1. The summed E-state index contributed by atoms with van der Waals surface area (Å²) < 4.78 is 1.18. The van der Waals surface area contributed by atoms with Crippen molar-refractivity contribution >= 4 is 16.8 Å². The van der Waals surface area contributed by atoms with E-state index in [-0.39, 0.29) is 17.4 Å². The normalized spacial score (nSPS) is 12.3. The van der Waals surface area contributed by atoms with Gasteiger partial charge in [0.25, 0.3) is 5.56 Å². The lowest BCUT2D eigenvalue weighted by Gasteiger charge is -2.21. The maximum Gasteiger partial charge on any atom is 0.278 e. The number of nitrogens with one attached hydrogen (secondary N) is 1. The molecule has 7 nitrogen and oxygen atoms in total. The highest BCUT2D eigenvalue weighted by molar-refractivity contribution is 5.81. The molecule has 1 N–H and O–H groups in total. The summed E-state index contributed by atoms with van der Waals surface area (Å²) >= 11 is 0. The number of hydrogen-bond donors (Lipinski definition) is 1. The van der Waals surface area contributed by atoms with Crippen molar-refractivity contribution in [3.8, 4) is 0 Å². The van der Waals surface area contributed by atoms with Crippen molar-refractivity contribution in [2.75, 3.05) is 0 Å². The average molecular weight is 337 g/mol. The summed E-state index contributed by atoms with van der Waals surface area (Å²) in [6.07, 6.45) is 3.33. The minimum absolute atomic E-state index is 0.120. The number of amides is 1. The van der Waals surface area contributed by atoms with Crippen molar-refractivity contribution in [2.24, 2.45) is 5.92 Å². The number of nitrogens with zero attached hydrogens (tertiary/aromatic N) is 4. The monoisotopic (exact) mass is 337 g/mol. The van der Waals surface area contributed by atoms with E-state index in [1.807, 2.05) is 26.0 Å². The zero-order chi connectivity index (χ0) is 17.8. The topological polar surface area (TPSA) is 89.8 Å². The smallest absolute Gasteiger partial charge is 0.278 e. The minimum Gasteiger partial charge on any atom is -0.350 e. The number of carbonyl (C=O) groups excluding carboxylic acids is 1. The van der Waals surface area contributed by atoms with E-state index in [0.717, 1.165) is 5.56 Å². The Labute approximate surface area is 144 Å². The molecule has 0 radical (unpaired) electrons. The summed E-state index contributed by atoms with van der Waals surface area (Å²) in [5.74, 6) is -0.385. The SMILES string of the molecule is CC(C)[C@H](C(=O)NCc1ccncc1)n1nnc2ccccc2c1=O. The number of rotatable bonds is 5. The molecule has 0 aliphatic carbocycles. The number of fused-ring (bicyclic) bond motifs is 1. The first-order valence-electron chi connectivity index (χ1n) is 8.09. The van der Waals surface area contributed by atoms with Crippen LogP contribution < -0.4 is 10.9 Å². The Morgan fingerprint density at radius 3 is 2.60 bits per heavy atom. The molecule has 0 aliphatic heterocycles. The van der Waals surface area contributed by atoms with Gasteiger partial charge in [0, 0.05) is 18.9 Å². The van der Waals surface area contributed by atoms with Crippen molar-refractivity contribution in [1.29, 1.82) is 0 Å². The van der Waals surface area contributed by atoms with E-state index in [2.05, 4.69) is 20.6 Å². The second-order valence-electron chi connectivity index (χ2n) is 6.12. The van der Waals surface area contributed by atoms with Crippen LogP contribution in [0.1, 0.15) is 25.5 Å². The fraction of sp³-hybridized carbons (Fsp3) is 0.278. The molecule has 1 atom stereocenters. The van der Waals surface area contributed by atoms with Gasteiger partial charge in [0.05, 0.1) is 5.39 Å². The lowest BCUT2D eigenvalue weighted by Crippen LogP contribution is -2.41. The number of carbonyl (C=O) groups is 1. The van der Waals surface area contributed by atoms with E-state index in [9.17, 15) is 9.59 Å². The van der Waals surface area contributed by atoms with Gasteiger partial charge in [0.1, 0.15) is 11.6 Å². The molecule has 0 fully saturated rings. The lowest BCUT2D eigenvalue weighted by molar-refractivity contribution is -0.126. The molecule has 1 aromatic carbocycles. The third kappa shape index (κ3) is 3.55. The molecule has 128 valence electrons. The molecular formula is C18H19N5O2. The molecule has 3 aromatic rings. The summed E-state index contributed by atoms with van der Waals surface area (Å²) in [6.45, 7) is 4.11. The van der Waals surface area contributed by atoms with Crippen molar-refractivity contribution < 1.29 is 4.79 Å². The zero-order valence-electron chi connectivity index (χ0n) is 14.1. The summed E-state index contributed by atoms with van der Waals surface area (Å²) in [7, 11) is 0. The van der Waals surface area contributed by atoms with E-state index in [1.165, 1.54) is 4.68 Å². The van der Waals surface area contributed by atoms with Gasteiger partial charge >= 0.3 is 0 Å². The van der Waals surface area contributed by atoms with Crippen molar-refractivity contribution in [3.05, 3.63) is 64.7 Å². The van der Waals surface area contributed by atoms with E-state index in [0.29, 0.717) is 17.4 Å². The van der Waals surface area contributed by atoms with E-state index < -0.39 is 6.04 Å². The van der Waals surface area contributed by atoms with Gasteiger partial charge in [-0.2, -0.15) is 4.68 Å². The summed E-state index contributed by atoms with van der Waals surface area (Å²) in [6, 6.07) is 9.90. The minimum atomic E-state index is -0.730. The molecule has 0 unspecified atom stereocenters. The molecule has 0 spiro atoms. The second kappa shape index (κ2) is 7.21. The predicted octanol–water partition coefficient (Wildman–Crippen LogP) is 1.70. The van der Waals surface area contributed by atoms with Crippen LogP contribution >= 0.6 is 0 Å². The molecule has 0 saturated heterocycles. The third-order valence-corrected chi connectivity index (χ3v) is 3.97. The summed E-state index contributed by atoms with van der Waals surface area (Å²) in [5, 5.41) is 11.4. The maximum atomic E-state index is 12.7. The standard InChI is InChI=1S/C18H19N5O2/c1-12(2)16(17(24)20-11-13-7-9-19-10-8-13)23-18(25)14-5-3-4-6-15(14)21-22-23/h3-10,12,16H,11H2,1-2H3,(H,20,24)/t16-/m1/s1. The molecule has 7 heteroatoms. The van der Waals surface area contributed by atoms with Crippen molar-refractivity contribution in [2.45, 2.75) is 26.4 Å².